The molecule has 2 aromatic rings. The van der Waals surface area contributed by atoms with Gasteiger partial charge in [0.05, 0.1) is 31.3 Å². The van der Waals surface area contributed by atoms with E-state index in [2.05, 4.69) is 35.2 Å². The Morgan fingerprint density at radius 2 is 2.11 bits per heavy atom. The minimum absolute atomic E-state index is 0.0346. The number of aromatic nitrogens is 2. The third-order valence-electron chi connectivity index (χ3n) is 7.98. The topological polar surface area (TPSA) is 82.3 Å². The highest BCUT2D eigenvalue weighted by Gasteiger charge is 2.42. The van der Waals surface area contributed by atoms with Gasteiger partial charge in [0, 0.05) is 30.6 Å². The fourth-order valence-corrected chi connectivity index (χ4v) is 6.33. The van der Waals surface area contributed by atoms with Crippen LogP contribution in [0.3, 0.4) is 0 Å². The van der Waals surface area contributed by atoms with Crippen molar-refractivity contribution in [3.05, 3.63) is 58.8 Å². The van der Waals surface area contributed by atoms with Crippen LogP contribution < -0.4 is 9.64 Å². The summed E-state index contributed by atoms with van der Waals surface area (Å²) in [7, 11) is 1.62. The number of hydrogen-bond acceptors (Lipinski definition) is 6. The summed E-state index contributed by atoms with van der Waals surface area (Å²) >= 11 is 0. The standard InChI is InChI=1S/C28H33N5O2/c1-3-7-25(34)33-17-16-32(19-21(33)12-15-29)26-22-11-14-28(18-24(22)30-27(31-26)35-2)13-6-9-20-8-4-5-10-23(20)28/h3-5,7-8,10,21H,6,9,11-14,16-19H2,1-2H3/b7-3+. The average Bonchev–Trinajstić information content (AvgIpc) is 2.88. The van der Waals surface area contributed by atoms with Crippen LogP contribution in [0.2, 0.25) is 0 Å². The maximum absolute atomic E-state index is 12.6. The van der Waals surface area contributed by atoms with Gasteiger partial charge in [-0.1, -0.05) is 30.3 Å². The van der Waals surface area contributed by atoms with Crippen molar-refractivity contribution in [3.8, 4) is 12.1 Å². The molecule has 0 N–H and O–H groups in total. The van der Waals surface area contributed by atoms with Crippen LogP contribution in [0, 0.1) is 11.3 Å². The molecule has 1 saturated heterocycles. The first-order chi connectivity index (χ1) is 17.1. The SMILES string of the molecule is C/C=C/C(=O)N1CCN(c2nc(OC)nc3c2CCC2(CCCc4ccccc42)C3)CC1CC#N. The molecule has 35 heavy (non-hydrogen) atoms. The highest BCUT2D eigenvalue weighted by molar-refractivity contribution is 5.88. The van der Waals surface area contributed by atoms with E-state index in [4.69, 9.17) is 14.7 Å². The Labute approximate surface area is 207 Å². The number of piperazine rings is 1. The van der Waals surface area contributed by atoms with Crippen LogP contribution >= 0.6 is 0 Å². The Morgan fingerprint density at radius 3 is 2.91 bits per heavy atom. The second kappa shape index (κ2) is 9.69. The predicted octanol–water partition coefficient (Wildman–Crippen LogP) is 3.76. The molecule has 2 unspecified atom stereocenters. The average molecular weight is 472 g/mol. The Kier molecular flexibility index (Phi) is 6.46. The van der Waals surface area contributed by atoms with Crippen LogP contribution in [0.5, 0.6) is 6.01 Å². The third kappa shape index (κ3) is 4.27. The van der Waals surface area contributed by atoms with Gasteiger partial charge in [0.25, 0.3) is 0 Å². The maximum atomic E-state index is 12.6. The molecule has 1 aromatic carbocycles. The van der Waals surface area contributed by atoms with Gasteiger partial charge in [-0.05, 0) is 62.7 Å². The summed E-state index contributed by atoms with van der Waals surface area (Å²) in [6.45, 7) is 3.65. The first-order valence-electron chi connectivity index (χ1n) is 12.7. The molecule has 1 aliphatic heterocycles. The number of ether oxygens (including phenoxy) is 1. The smallest absolute Gasteiger partial charge is 0.318 e. The molecule has 0 bridgehead atoms. The number of carbonyl (C=O) groups excluding carboxylic acids is 1. The van der Waals surface area contributed by atoms with E-state index in [-0.39, 0.29) is 17.4 Å². The molecule has 7 heteroatoms. The minimum atomic E-state index is -0.172. The van der Waals surface area contributed by atoms with Crippen LogP contribution in [0.25, 0.3) is 0 Å². The molecule has 2 aliphatic carbocycles. The normalized spacial score (nSPS) is 23.6. The lowest BCUT2D eigenvalue weighted by Gasteiger charge is -2.44. The number of carbonyl (C=O) groups is 1. The van der Waals surface area contributed by atoms with E-state index < -0.39 is 0 Å². The van der Waals surface area contributed by atoms with E-state index in [0.29, 0.717) is 32.1 Å². The number of fused-ring (bicyclic) bond motifs is 3. The minimum Gasteiger partial charge on any atom is -0.467 e. The largest absolute Gasteiger partial charge is 0.467 e. The van der Waals surface area contributed by atoms with Crippen molar-refractivity contribution in [3.63, 3.8) is 0 Å². The number of anilines is 1. The van der Waals surface area contributed by atoms with Gasteiger partial charge in [-0.2, -0.15) is 15.2 Å². The summed E-state index contributed by atoms with van der Waals surface area (Å²) in [5.74, 6) is 0.875. The number of benzene rings is 1. The van der Waals surface area contributed by atoms with Crippen LogP contribution in [-0.4, -0.2) is 53.6 Å². The molecule has 5 rings (SSSR count). The summed E-state index contributed by atoms with van der Waals surface area (Å²) in [5, 5.41) is 9.43. The fourth-order valence-electron chi connectivity index (χ4n) is 6.33. The van der Waals surface area contributed by atoms with Gasteiger partial charge >= 0.3 is 6.01 Å². The highest BCUT2D eigenvalue weighted by atomic mass is 16.5. The summed E-state index contributed by atoms with van der Waals surface area (Å²) in [6, 6.07) is 11.4. The first kappa shape index (κ1) is 23.3. The number of amides is 1. The lowest BCUT2D eigenvalue weighted by atomic mass is 9.62. The number of methoxy groups -OCH3 is 1. The van der Waals surface area contributed by atoms with Crippen molar-refractivity contribution in [2.45, 2.75) is 63.3 Å². The zero-order valence-corrected chi connectivity index (χ0v) is 20.7. The Hall–Kier alpha value is -3.40. The molecule has 0 saturated carbocycles. The van der Waals surface area contributed by atoms with Crippen molar-refractivity contribution < 1.29 is 9.53 Å². The zero-order valence-electron chi connectivity index (χ0n) is 20.7. The molecule has 1 fully saturated rings. The molecule has 0 radical (unpaired) electrons. The molecule has 1 spiro atoms. The van der Waals surface area contributed by atoms with E-state index in [1.54, 1.807) is 19.3 Å². The Bertz CT molecular complexity index is 1190. The molecule has 2 heterocycles. The van der Waals surface area contributed by atoms with Crippen molar-refractivity contribution >= 4 is 11.7 Å². The number of nitrogens with zero attached hydrogens (tertiary/aromatic N) is 5. The highest BCUT2D eigenvalue weighted by Crippen LogP contribution is 2.47. The quantitative estimate of drug-likeness (QED) is 0.632. The van der Waals surface area contributed by atoms with Gasteiger partial charge < -0.3 is 14.5 Å². The molecule has 1 aromatic heterocycles. The van der Waals surface area contributed by atoms with E-state index >= 15 is 0 Å². The van der Waals surface area contributed by atoms with Crippen LogP contribution in [0.1, 0.15) is 55.0 Å². The van der Waals surface area contributed by atoms with Crippen LogP contribution in [0.15, 0.2) is 36.4 Å². The summed E-state index contributed by atoms with van der Waals surface area (Å²) in [4.78, 5) is 26.3. The molecular weight excluding hydrogens is 438 g/mol. The van der Waals surface area contributed by atoms with Gasteiger partial charge in [0.1, 0.15) is 5.82 Å². The lowest BCUT2D eigenvalue weighted by Crippen LogP contribution is -2.55. The van der Waals surface area contributed by atoms with Crippen LogP contribution in [-0.2, 0) is 29.5 Å². The number of hydrogen-bond donors (Lipinski definition) is 0. The molecule has 7 nitrogen and oxygen atoms in total. The van der Waals surface area contributed by atoms with E-state index in [1.807, 2.05) is 11.8 Å². The second-order valence-electron chi connectivity index (χ2n) is 9.92. The molecular formula is C28H33N5O2. The molecule has 3 aliphatic rings. The molecule has 1 amide bonds. The lowest BCUT2D eigenvalue weighted by molar-refractivity contribution is -0.128. The van der Waals surface area contributed by atoms with Gasteiger partial charge in [0.15, 0.2) is 0 Å². The Balaban J connectivity index is 1.48. The van der Waals surface area contributed by atoms with E-state index in [0.717, 1.165) is 37.2 Å². The molecule has 2 atom stereocenters. The maximum Gasteiger partial charge on any atom is 0.318 e. The number of allylic oxidation sites excluding steroid dienone is 1. The second-order valence-corrected chi connectivity index (χ2v) is 9.92. The summed E-state index contributed by atoms with van der Waals surface area (Å²) in [6.07, 6.45) is 10.1. The van der Waals surface area contributed by atoms with Crippen molar-refractivity contribution in [1.82, 2.24) is 14.9 Å². The zero-order chi connectivity index (χ0) is 24.4. The number of aryl methyl sites for hydroxylation is 1. The predicted molar refractivity (Wildman–Crippen MR) is 134 cm³/mol. The number of rotatable bonds is 4. The van der Waals surface area contributed by atoms with Crippen molar-refractivity contribution in [2.75, 3.05) is 31.6 Å². The van der Waals surface area contributed by atoms with Crippen LogP contribution in [0.4, 0.5) is 5.82 Å². The first-order valence-corrected chi connectivity index (χ1v) is 12.7. The van der Waals surface area contributed by atoms with E-state index in [1.165, 1.54) is 29.5 Å². The van der Waals surface area contributed by atoms with Crippen molar-refractivity contribution in [2.24, 2.45) is 0 Å². The van der Waals surface area contributed by atoms with E-state index in [9.17, 15) is 10.1 Å². The van der Waals surface area contributed by atoms with Gasteiger partial charge in [0.2, 0.25) is 5.91 Å². The van der Waals surface area contributed by atoms with Gasteiger partial charge in [-0.15, -0.1) is 0 Å². The third-order valence-corrected chi connectivity index (χ3v) is 7.98. The van der Waals surface area contributed by atoms with Crippen molar-refractivity contribution in [1.29, 1.82) is 5.26 Å². The number of nitriles is 1. The van der Waals surface area contributed by atoms with Gasteiger partial charge in [-0.25, -0.2) is 0 Å². The Morgan fingerprint density at radius 1 is 1.26 bits per heavy atom. The molecule has 182 valence electrons. The summed E-state index contributed by atoms with van der Waals surface area (Å²) < 4.78 is 5.55. The monoisotopic (exact) mass is 471 g/mol. The fraction of sp³-hybridized carbons (Fsp3) is 0.500. The van der Waals surface area contributed by atoms with Gasteiger partial charge in [-0.3, -0.25) is 4.79 Å². The summed E-state index contributed by atoms with van der Waals surface area (Å²) in [5.41, 5.74) is 5.37.